The van der Waals surface area contributed by atoms with Gasteiger partial charge in [-0.25, -0.2) is 9.37 Å². The van der Waals surface area contributed by atoms with Crippen LogP contribution in [0.15, 0.2) is 48.0 Å². The average Bonchev–Trinajstić information content (AvgIpc) is 3.45. The molecule has 1 aliphatic heterocycles. The van der Waals surface area contributed by atoms with E-state index in [4.69, 9.17) is 9.72 Å². The predicted molar refractivity (Wildman–Crippen MR) is 117 cm³/mol. The third-order valence-corrected chi connectivity index (χ3v) is 6.35. The lowest BCUT2D eigenvalue weighted by Gasteiger charge is -2.15. The number of pyridine rings is 1. The van der Waals surface area contributed by atoms with Gasteiger partial charge in [-0.05, 0) is 55.8 Å². The smallest absolute Gasteiger partial charge is 0.235 e. The summed E-state index contributed by atoms with van der Waals surface area (Å²) < 4.78 is 21.2. The molecule has 1 aromatic carbocycles. The molecule has 3 aromatic heterocycles. The van der Waals surface area contributed by atoms with E-state index in [1.807, 2.05) is 35.7 Å². The van der Waals surface area contributed by atoms with Crippen molar-refractivity contribution in [1.82, 2.24) is 19.9 Å². The number of aromatic nitrogens is 3. The number of likely N-dealkylation sites (tertiary alicyclic amines) is 1. The molecule has 1 saturated heterocycles. The van der Waals surface area contributed by atoms with Crippen LogP contribution >= 0.6 is 11.3 Å². The Morgan fingerprint density at radius 1 is 1.10 bits per heavy atom. The van der Waals surface area contributed by atoms with Crippen molar-refractivity contribution in [2.45, 2.75) is 19.4 Å². The van der Waals surface area contributed by atoms with Crippen molar-refractivity contribution in [3.8, 4) is 28.5 Å². The van der Waals surface area contributed by atoms with Crippen molar-refractivity contribution in [2.75, 3.05) is 20.2 Å². The van der Waals surface area contributed by atoms with Crippen LogP contribution in [0.1, 0.15) is 18.4 Å². The molecule has 0 amide bonds. The minimum Gasteiger partial charge on any atom is -0.480 e. The van der Waals surface area contributed by atoms with Crippen LogP contribution in [0.4, 0.5) is 4.39 Å². The Balaban J connectivity index is 1.62. The van der Waals surface area contributed by atoms with Gasteiger partial charge in [0.15, 0.2) is 5.82 Å². The van der Waals surface area contributed by atoms with Crippen LogP contribution in [0.5, 0.6) is 5.88 Å². The van der Waals surface area contributed by atoms with Crippen molar-refractivity contribution in [3.63, 3.8) is 0 Å². The minimum atomic E-state index is -0.253. The van der Waals surface area contributed by atoms with Crippen molar-refractivity contribution in [3.05, 3.63) is 59.4 Å². The summed E-state index contributed by atoms with van der Waals surface area (Å²) in [5, 5.41) is 1.93. The normalized spacial score (nSPS) is 14.5. The molecule has 0 N–H and O–H groups in total. The molecule has 1 aliphatic rings. The molecule has 0 atom stereocenters. The Morgan fingerprint density at radius 3 is 2.73 bits per heavy atom. The summed E-state index contributed by atoms with van der Waals surface area (Å²) >= 11 is 1.46. The molecule has 0 radical (unpaired) electrons. The van der Waals surface area contributed by atoms with Crippen LogP contribution in [0, 0.1) is 5.82 Å². The quantitative estimate of drug-likeness (QED) is 0.446. The van der Waals surface area contributed by atoms with Crippen LogP contribution in [0.25, 0.3) is 32.9 Å². The van der Waals surface area contributed by atoms with E-state index in [1.54, 1.807) is 19.4 Å². The first-order valence-corrected chi connectivity index (χ1v) is 10.9. The Kier molecular flexibility index (Phi) is 5.14. The SMILES string of the molecule is COc1nc(-c2ccccn2)nc2c(-c3cc(CN4CCCC4)ccc3F)csc12. The lowest BCUT2D eigenvalue weighted by molar-refractivity contribution is 0.331. The van der Waals surface area contributed by atoms with Gasteiger partial charge < -0.3 is 4.74 Å². The number of methoxy groups -OCH3 is 1. The van der Waals surface area contributed by atoms with E-state index in [2.05, 4.69) is 14.9 Å². The standard InChI is InChI=1S/C23H21FN4OS/c1-29-23-21-20(26-22(27-23)19-6-2-3-9-25-19)17(14-30-21)16-12-15(7-8-18(16)24)13-28-10-4-5-11-28/h2-3,6-9,12,14H,4-5,10-11,13H2,1H3. The highest BCUT2D eigenvalue weighted by Crippen LogP contribution is 2.39. The highest BCUT2D eigenvalue weighted by atomic mass is 32.1. The molecule has 0 spiro atoms. The molecule has 30 heavy (non-hydrogen) atoms. The van der Waals surface area contributed by atoms with Crippen LogP contribution in [-0.4, -0.2) is 40.1 Å². The summed E-state index contributed by atoms with van der Waals surface area (Å²) in [6.45, 7) is 3.05. The molecular formula is C23H21FN4OS. The molecular weight excluding hydrogens is 399 g/mol. The Bertz CT molecular complexity index is 1190. The van der Waals surface area contributed by atoms with Gasteiger partial charge in [-0.1, -0.05) is 12.1 Å². The first-order valence-electron chi connectivity index (χ1n) is 9.99. The maximum absolute atomic E-state index is 14.9. The third-order valence-electron chi connectivity index (χ3n) is 5.40. The second-order valence-electron chi connectivity index (χ2n) is 7.40. The number of hydrogen-bond acceptors (Lipinski definition) is 6. The summed E-state index contributed by atoms with van der Waals surface area (Å²) in [6.07, 6.45) is 4.16. The summed E-state index contributed by atoms with van der Waals surface area (Å²) in [5.74, 6) is 0.690. The van der Waals surface area contributed by atoms with E-state index in [1.165, 1.54) is 24.2 Å². The van der Waals surface area contributed by atoms with Gasteiger partial charge in [-0.15, -0.1) is 11.3 Å². The van der Waals surface area contributed by atoms with Gasteiger partial charge in [0.25, 0.3) is 0 Å². The topological polar surface area (TPSA) is 51.1 Å². The Hall–Kier alpha value is -2.90. The maximum Gasteiger partial charge on any atom is 0.235 e. The number of thiophene rings is 1. The van der Waals surface area contributed by atoms with Gasteiger partial charge in [-0.2, -0.15) is 4.98 Å². The van der Waals surface area contributed by atoms with Crippen molar-refractivity contribution in [1.29, 1.82) is 0 Å². The number of fused-ring (bicyclic) bond motifs is 1. The molecule has 0 aliphatic carbocycles. The zero-order valence-electron chi connectivity index (χ0n) is 16.6. The van der Waals surface area contributed by atoms with E-state index in [0.717, 1.165) is 35.5 Å². The second-order valence-corrected chi connectivity index (χ2v) is 8.28. The van der Waals surface area contributed by atoms with E-state index < -0.39 is 0 Å². The third kappa shape index (κ3) is 3.55. The lowest BCUT2D eigenvalue weighted by atomic mass is 10.0. The maximum atomic E-state index is 14.9. The van der Waals surface area contributed by atoms with Gasteiger partial charge in [0.1, 0.15) is 16.2 Å². The summed E-state index contributed by atoms with van der Waals surface area (Å²) in [7, 11) is 1.58. The summed E-state index contributed by atoms with van der Waals surface area (Å²) in [5.41, 5.74) is 3.76. The summed E-state index contributed by atoms with van der Waals surface area (Å²) in [6, 6.07) is 11.0. The molecule has 5 nitrogen and oxygen atoms in total. The Labute approximate surface area is 178 Å². The number of benzene rings is 1. The van der Waals surface area contributed by atoms with Crippen LogP contribution in [0.2, 0.25) is 0 Å². The number of nitrogens with zero attached hydrogens (tertiary/aromatic N) is 4. The minimum absolute atomic E-state index is 0.253. The van der Waals surface area contributed by atoms with Crippen molar-refractivity contribution in [2.24, 2.45) is 0 Å². The molecule has 4 aromatic rings. The number of ether oxygens (including phenoxy) is 1. The second kappa shape index (κ2) is 8.08. The Morgan fingerprint density at radius 2 is 1.97 bits per heavy atom. The van der Waals surface area contributed by atoms with Gasteiger partial charge in [0.2, 0.25) is 5.88 Å². The van der Waals surface area contributed by atoms with E-state index in [0.29, 0.717) is 28.5 Å². The molecule has 0 saturated carbocycles. The largest absolute Gasteiger partial charge is 0.480 e. The molecule has 0 bridgehead atoms. The zero-order valence-corrected chi connectivity index (χ0v) is 17.5. The van der Waals surface area contributed by atoms with Gasteiger partial charge in [-0.3, -0.25) is 9.88 Å². The molecule has 4 heterocycles. The monoisotopic (exact) mass is 420 g/mol. The highest BCUT2D eigenvalue weighted by Gasteiger charge is 2.19. The van der Waals surface area contributed by atoms with Crippen LogP contribution in [0.3, 0.4) is 0 Å². The number of halogens is 1. The first-order chi connectivity index (χ1) is 14.7. The van der Waals surface area contributed by atoms with Gasteiger partial charge in [0.05, 0.1) is 12.6 Å². The molecule has 152 valence electrons. The fourth-order valence-electron chi connectivity index (χ4n) is 3.91. The number of hydrogen-bond donors (Lipinski definition) is 0. The predicted octanol–water partition coefficient (Wildman–Crippen LogP) is 5.16. The first kappa shape index (κ1) is 19.1. The zero-order chi connectivity index (χ0) is 20.5. The fourth-order valence-corrected chi connectivity index (χ4v) is 4.88. The fraction of sp³-hybridized carbons (Fsp3) is 0.261. The van der Waals surface area contributed by atoms with Crippen molar-refractivity contribution < 1.29 is 9.13 Å². The lowest BCUT2D eigenvalue weighted by Crippen LogP contribution is -2.18. The van der Waals surface area contributed by atoms with Crippen molar-refractivity contribution >= 4 is 21.6 Å². The highest BCUT2D eigenvalue weighted by molar-refractivity contribution is 7.18. The van der Waals surface area contributed by atoms with E-state index >= 15 is 0 Å². The number of rotatable bonds is 5. The molecule has 0 unspecified atom stereocenters. The van der Waals surface area contributed by atoms with Crippen LogP contribution < -0.4 is 4.74 Å². The van der Waals surface area contributed by atoms with Gasteiger partial charge >= 0.3 is 0 Å². The average molecular weight is 421 g/mol. The van der Waals surface area contributed by atoms with Crippen LogP contribution in [-0.2, 0) is 6.54 Å². The molecule has 7 heteroatoms. The molecule has 5 rings (SSSR count). The van der Waals surface area contributed by atoms with Gasteiger partial charge in [0, 0.05) is 29.2 Å². The van der Waals surface area contributed by atoms with E-state index in [9.17, 15) is 4.39 Å². The van der Waals surface area contributed by atoms with E-state index in [-0.39, 0.29) is 5.82 Å². The molecule has 1 fully saturated rings. The summed E-state index contributed by atoms with van der Waals surface area (Å²) in [4.78, 5) is 16.0.